The van der Waals surface area contributed by atoms with Gasteiger partial charge in [0.1, 0.15) is 5.02 Å². The van der Waals surface area contributed by atoms with Crippen molar-refractivity contribution in [2.75, 3.05) is 25.0 Å². The van der Waals surface area contributed by atoms with Gasteiger partial charge in [0.05, 0.1) is 4.92 Å². The molecule has 0 bridgehead atoms. The fourth-order valence-corrected chi connectivity index (χ4v) is 3.07. The first-order valence-electron chi connectivity index (χ1n) is 8.20. The Hall–Kier alpha value is -1.86. The van der Waals surface area contributed by atoms with E-state index in [0.717, 1.165) is 19.5 Å². The van der Waals surface area contributed by atoms with Crippen molar-refractivity contribution in [1.82, 2.24) is 10.2 Å². The summed E-state index contributed by atoms with van der Waals surface area (Å²) in [4.78, 5) is 24.6. The SMILES string of the molecule is C[C@@H]1CCCCN1CCCNC(=O)Nc1ccc(Cl)c([N+](=O)[O-])c1. The summed E-state index contributed by atoms with van der Waals surface area (Å²) in [5.41, 5.74) is 0.113. The number of likely N-dealkylation sites (tertiary alicyclic amines) is 1. The zero-order valence-electron chi connectivity index (χ0n) is 13.8. The minimum absolute atomic E-state index is 0.0432. The molecule has 1 heterocycles. The zero-order valence-corrected chi connectivity index (χ0v) is 14.5. The van der Waals surface area contributed by atoms with Gasteiger partial charge < -0.3 is 15.5 Å². The average Bonchev–Trinajstić information content (AvgIpc) is 2.54. The lowest BCUT2D eigenvalue weighted by atomic mass is 10.0. The van der Waals surface area contributed by atoms with Crippen molar-refractivity contribution in [3.05, 3.63) is 33.3 Å². The second-order valence-electron chi connectivity index (χ2n) is 6.04. The summed E-state index contributed by atoms with van der Waals surface area (Å²) in [5, 5.41) is 16.2. The smallest absolute Gasteiger partial charge is 0.319 e. The number of carbonyl (C=O) groups excluding carboxylic acids is 1. The van der Waals surface area contributed by atoms with E-state index in [2.05, 4.69) is 22.5 Å². The van der Waals surface area contributed by atoms with Gasteiger partial charge in [-0.1, -0.05) is 18.0 Å². The van der Waals surface area contributed by atoms with Crippen LogP contribution in [-0.4, -0.2) is 41.5 Å². The van der Waals surface area contributed by atoms with Crippen LogP contribution in [0.25, 0.3) is 0 Å². The first-order valence-corrected chi connectivity index (χ1v) is 8.58. The number of hydrogen-bond donors (Lipinski definition) is 2. The van der Waals surface area contributed by atoms with E-state index in [1.54, 1.807) is 0 Å². The monoisotopic (exact) mass is 354 g/mol. The third-order valence-corrected chi connectivity index (χ3v) is 4.57. The number of nitrogens with zero attached hydrogens (tertiary/aromatic N) is 2. The van der Waals surface area contributed by atoms with Gasteiger partial charge in [0.25, 0.3) is 5.69 Å². The van der Waals surface area contributed by atoms with Crippen LogP contribution in [0, 0.1) is 10.1 Å². The van der Waals surface area contributed by atoms with Crippen molar-refractivity contribution in [2.24, 2.45) is 0 Å². The molecule has 132 valence electrons. The quantitative estimate of drug-likeness (QED) is 0.464. The summed E-state index contributed by atoms with van der Waals surface area (Å²) in [6, 6.07) is 4.41. The van der Waals surface area contributed by atoms with Crippen LogP contribution in [-0.2, 0) is 0 Å². The van der Waals surface area contributed by atoms with Crippen LogP contribution in [0.3, 0.4) is 0 Å². The molecule has 8 heteroatoms. The minimum atomic E-state index is -0.578. The molecule has 7 nitrogen and oxygen atoms in total. The molecule has 1 saturated heterocycles. The maximum absolute atomic E-state index is 11.9. The Labute approximate surface area is 146 Å². The van der Waals surface area contributed by atoms with Gasteiger partial charge in [0, 0.05) is 30.9 Å². The van der Waals surface area contributed by atoms with Gasteiger partial charge in [0.15, 0.2) is 0 Å². The Morgan fingerprint density at radius 1 is 1.46 bits per heavy atom. The van der Waals surface area contributed by atoms with Crippen molar-refractivity contribution in [2.45, 2.75) is 38.6 Å². The highest BCUT2D eigenvalue weighted by molar-refractivity contribution is 6.32. The molecule has 1 aliphatic rings. The molecule has 0 spiro atoms. The maximum atomic E-state index is 11.9. The summed E-state index contributed by atoms with van der Waals surface area (Å²) < 4.78 is 0. The molecule has 1 fully saturated rings. The number of urea groups is 1. The number of nitro groups is 1. The molecule has 24 heavy (non-hydrogen) atoms. The maximum Gasteiger partial charge on any atom is 0.319 e. The van der Waals surface area contributed by atoms with E-state index in [1.165, 1.54) is 37.5 Å². The minimum Gasteiger partial charge on any atom is -0.338 e. The third kappa shape index (κ3) is 5.35. The molecule has 0 aliphatic carbocycles. The first-order chi connectivity index (χ1) is 11.5. The molecular weight excluding hydrogens is 332 g/mol. The standard InChI is InChI=1S/C16H23ClN4O3/c1-12-5-2-3-9-20(12)10-4-8-18-16(22)19-13-6-7-14(17)15(11-13)21(23)24/h6-7,11-12H,2-5,8-10H2,1H3,(H2,18,19,22)/t12-/m1/s1. The normalized spacial score (nSPS) is 18.2. The van der Waals surface area contributed by atoms with Crippen molar-refractivity contribution in [3.63, 3.8) is 0 Å². The van der Waals surface area contributed by atoms with Gasteiger partial charge in [0.2, 0.25) is 0 Å². The Morgan fingerprint density at radius 3 is 2.96 bits per heavy atom. The van der Waals surface area contributed by atoms with Gasteiger partial charge in [-0.25, -0.2) is 4.79 Å². The molecule has 1 aromatic rings. The summed E-state index contributed by atoms with van der Waals surface area (Å²) >= 11 is 5.74. The van der Waals surface area contributed by atoms with Gasteiger partial charge in [-0.2, -0.15) is 0 Å². The van der Waals surface area contributed by atoms with E-state index in [-0.39, 0.29) is 16.7 Å². The lowest BCUT2D eigenvalue weighted by molar-refractivity contribution is -0.384. The van der Waals surface area contributed by atoms with E-state index < -0.39 is 4.92 Å². The lowest BCUT2D eigenvalue weighted by Crippen LogP contribution is -2.39. The topological polar surface area (TPSA) is 87.5 Å². The molecule has 2 amide bonds. The number of anilines is 1. The van der Waals surface area contributed by atoms with Crippen LogP contribution in [0.4, 0.5) is 16.2 Å². The van der Waals surface area contributed by atoms with Gasteiger partial charge in [-0.15, -0.1) is 0 Å². The molecule has 1 atom stereocenters. The largest absolute Gasteiger partial charge is 0.338 e. The molecule has 2 rings (SSSR count). The van der Waals surface area contributed by atoms with Crippen LogP contribution < -0.4 is 10.6 Å². The number of hydrogen-bond acceptors (Lipinski definition) is 4. The molecule has 0 aromatic heterocycles. The number of rotatable bonds is 6. The van der Waals surface area contributed by atoms with Crippen molar-refractivity contribution in [3.8, 4) is 0 Å². The van der Waals surface area contributed by atoms with Crippen LogP contribution >= 0.6 is 11.6 Å². The second kappa shape index (κ2) is 8.84. The van der Waals surface area contributed by atoms with Crippen LogP contribution in [0.15, 0.2) is 18.2 Å². The van der Waals surface area contributed by atoms with Crippen LogP contribution in [0.2, 0.25) is 5.02 Å². The highest BCUT2D eigenvalue weighted by Gasteiger charge is 2.17. The first kappa shape index (κ1) is 18.5. The van der Waals surface area contributed by atoms with Crippen molar-refractivity contribution >= 4 is 29.0 Å². The van der Waals surface area contributed by atoms with E-state index >= 15 is 0 Å². The van der Waals surface area contributed by atoms with Gasteiger partial charge >= 0.3 is 6.03 Å². The van der Waals surface area contributed by atoms with Gasteiger partial charge in [-0.3, -0.25) is 10.1 Å². The van der Waals surface area contributed by atoms with E-state index in [1.807, 2.05) is 0 Å². The number of carbonyl (C=O) groups is 1. The Balaban J connectivity index is 1.73. The number of amides is 2. The molecule has 2 N–H and O–H groups in total. The number of nitrogens with one attached hydrogen (secondary N) is 2. The summed E-state index contributed by atoms with van der Waals surface area (Å²) in [7, 11) is 0. The Kier molecular flexibility index (Phi) is 6.81. The second-order valence-corrected chi connectivity index (χ2v) is 6.45. The van der Waals surface area contributed by atoms with Crippen molar-refractivity contribution in [1.29, 1.82) is 0 Å². The Bertz CT molecular complexity index is 597. The summed E-state index contributed by atoms with van der Waals surface area (Å²) in [6.07, 6.45) is 4.65. The zero-order chi connectivity index (χ0) is 17.5. The average molecular weight is 355 g/mol. The van der Waals surface area contributed by atoms with Gasteiger partial charge in [-0.05, 0) is 44.9 Å². The highest BCUT2D eigenvalue weighted by atomic mass is 35.5. The fraction of sp³-hybridized carbons (Fsp3) is 0.562. The van der Waals surface area contributed by atoms with Crippen molar-refractivity contribution < 1.29 is 9.72 Å². The fourth-order valence-electron chi connectivity index (χ4n) is 2.88. The molecule has 1 aromatic carbocycles. The van der Waals surface area contributed by atoms with E-state index in [0.29, 0.717) is 18.3 Å². The number of nitro benzene ring substituents is 1. The van der Waals surface area contributed by atoms with Crippen LogP contribution in [0.5, 0.6) is 0 Å². The Morgan fingerprint density at radius 2 is 2.25 bits per heavy atom. The number of halogens is 1. The summed E-state index contributed by atoms with van der Waals surface area (Å²) in [5.74, 6) is 0. The predicted molar refractivity (Wildman–Crippen MR) is 94.6 cm³/mol. The molecule has 0 radical (unpaired) electrons. The number of benzene rings is 1. The van der Waals surface area contributed by atoms with Crippen LogP contribution in [0.1, 0.15) is 32.6 Å². The number of piperidine rings is 1. The highest BCUT2D eigenvalue weighted by Crippen LogP contribution is 2.27. The predicted octanol–water partition coefficient (Wildman–Crippen LogP) is 3.63. The molecule has 1 aliphatic heterocycles. The molecule has 0 unspecified atom stereocenters. The van der Waals surface area contributed by atoms with E-state index in [9.17, 15) is 14.9 Å². The summed E-state index contributed by atoms with van der Waals surface area (Å²) in [6.45, 7) is 4.90. The van der Waals surface area contributed by atoms with E-state index in [4.69, 9.17) is 11.6 Å². The lowest BCUT2D eigenvalue weighted by Gasteiger charge is -2.33. The molecular formula is C16H23ClN4O3. The third-order valence-electron chi connectivity index (χ3n) is 4.25. The molecule has 0 saturated carbocycles.